The summed E-state index contributed by atoms with van der Waals surface area (Å²) in [5.74, 6) is 0.597. The minimum atomic E-state index is -0.458. The van der Waals surface area contributed by atoms with Gasteiger partial charge in [-0.3, -0.25) is 10.1 Å². The number of non-ortho nitro benzene ring substituents is 1. The predicted molar refractivity (Wildman–Crippen MR) is 67.1 cm³/mol. The highest BCUT2D eigenvalue weighted by Crippen LogP contribution is 2.14. The SMILES string of the molecule is N#Cc1cnc(Cc2ccc([N+](=O)[O-])cc2)nc1N. The Balaban J connectivity index is 2.19. The quantitative estimate of drug-likeness (QED) is 0.654. The zero-order valence-electron chi connectivity index (χ0n) is 9.78. The third-order valence-electron chi connectivity index (χ3n) is 2.50. The maximum absolute atomic E-state index is 10.5. The second-order valence-electron chi connectivity index (χ2n) is 3.80. The Hall–Kier alpha value is -3.01. The lowest BCUT2D eigenvalue weighted by molar-refractivity contribution is -0.384. The van der Waals surface area contributed by atoms with Crippen molar-refractivity contribution in [3.8, 4) is 6.07 Å². The number of nitriles is 1. The summed E-state index contributed by atoms with van der Waals surface area (Å²) in [6.07, 6.45) is 1.76. The van der Waals surface area contributed by atoms with Crippen molar-refractivity contribution in [2.24, 2.45) is 0 Å². The van der Waals surface area contributed by atoms with E-state index in [-0.39, 0.29) is 17.1 Å². The number of rotatable bonds is 3. The van der Waals surface area contributed by atoms with Crippen molar-refractivity contribution in [3.05, 3.63) is 57.5 Å². The maximum atomic E-state index is 10.5. The molecule has 7 heteroatoms. The highest BCUT2D eigenvalue weighted by atomic mass is 16.6. The molecule has 0 amide bonds. The molecule has 0 saturated carbocycles. The maximum Gasteiger partial charge on any atom is 0.269 e. The topological polar surface area (TPSA) is 119 Å². The Morgan fingerprint density at radius 1 is 1.37 bits per heavy atom. The van der Waals surface area contributed by atoms with E-state index in [0.29, 0.717) is 12.2 Å². The first kappa shape index (κ1) is 12.4. The number of benzene rings is 1. The number of aromatic nitrogens is 2. The summed E-state index contributed by atoms with van der Waals surface area (Å²) < 4.78 is 0. The molecule has 0 aliphatic rings. The van der Waals surface area contributed by atoms with Crippen molar-refractivity contribution in [1.29, 1.82) is 5.26 Å². The summed E-state index contributed by atoms with van der Waals surface area (Å²) in [6.45, 7) is 0. The van der Waals surface area contributed by atoms with Crippen molar-refractivity contribution >= 4 is 11.5 Å². The van der Waals surface area contributed by atoms with Gasteiger partial charge >= 0.3 is 0 Å². The molecule has 0 radical (unpaired) electrons. The van der Waals surface area contributed by atoms with Crippen molar-refractivity contribution in [2.75, 3.05) is 5.73 Å². The molecule has 2 N–H and O–H groups in total. The summed E-state index contributed by atoms with van der Waals surface area (Å²) in [6, 6.07) is 7.99. The van der Waals surface area contributed by atoms with E-state index >= 15 is 0 Å². The number of hydrogen-bond donors (Lipinski definition) is 1. The zero-order chi connectivity index (χ0) is 13.8. The lowest BCUT2D eigenvalue weighted by Gasteiger charge is -2.02. The van der Waals surface area contributed by atoms with Gasteiger partial charge in [0.1, 0.15) is 23.3 Å². The Morgan fingerprint density at radius 2 is 2.05 bits per heavy atom. The van der Waals surface area contributed by atoms with Gasteiger partial charge in [0.2, 0.25) is 0 Å². The van der Waals surface area contributed by atoms with Crippen LogP contribution in [0.5, 0.6) is 0 Å². The van der Waals surface area contributed by atoms with E-state index in [1.54, 1.807) is 12.1 Å². The summed E-state index contributed by atoms with van der Waals surface area (Å²) in [7, 11) is 0. The Bertz CT molecular complexity index is 661. The highest BCUT2D eigenvalue weighted by molar-refractivity contribution is 5.46. The van der Waals surface area contributed by atoms with E-state index in [0.717, 1.165) is 5.56 Å². The first-order valence-corrected chi connectivity index (χ1v) is 5.35. The lowest BCUT2D eigenvalue weighted by Crippen LogP contribution is -2.02. The molecule has 0 spiro atoms. The van der Waals surface area contributed by atoms with E-state index in [4.69, 9.17) is 11.0 Å². The van der Waals surface area contributed by atoms with Gasteiger partial charge in [0, 0.05) is 18.6 Å². The Kier molecular flexibility index (Phi) is 3.34. The minimum absolute atomic E-state index is 0.0315. The fraction of sp³-hybridized carbons (Fsp3) is 0.0833. The molecule has 1 aromatic heterocycles. The molecule has 0 aliphatic heterocycles. The molecule has 2 rings (SSSR count). The molecule has 2 aromatic rings. The fourth-order valence-electron chi connectivity index (χ4n) is 1.52. The number of nitrogens with zero attached hydrogens (tertiary/aromatic N) is 4. The molecule has 0 saturated heterocycles. The van der Waals surface area contributed by atoms with Crippen LogP contribution in [0, 0.1) is 21.4 Å². The smallest absolute Gasteiger partial charge is 0.269 e. The summed E-state index contributed by atoms with van der Waals surface area (Å²) >= 11 is 0. The lowest BCUT2D eigenvalue weighted by atomic mass is 10.1. The first-order chi connectivity index (χ1) is 9.10. The van der Waals surface area contributed by atoms with E-state index in [2.05, 4.69) is 9.97 Å². The minimum Gasteiger partial charge on any atom is -0.382 e. The van der Waals surface area contributed by atoms with Crippen LogP contribution < -0.4 is 5.73 Å². The fourth-order valence-corrected chi connectivity index (χ4v) is 1.52. The van der Waals surface area contributed by atoms with Crippen molar-refractivity contribution in [1.82, 2.24) is 9.97 Å². The molecule has 7 nitrogen and oxygen atoms in total. The molecule has 0 atom stereocenters. The number of nitro benzene ring substituents is 1. The second-order valence-corrected chi connectivity index (χ2v) is 3.80. The van der Waals surface area contributed by atoms with Crippen LogP contribution >= 0.6 is 0 Å². The van der Waals surface area contributed by atoms with Gasteiger partial charge in [-0.2, -0.15) is 5.26 Å². The molecule has 0 unspecified atom stereocenters. The number of nitro groups is 1. The Labute approximate surface area is 108 Å². The molecular formula is C12H9N5O2. The number of nitrogen functional groups attached to an aromatic ring is 1. The molecule has 19 heavy (non-hydrogen) atoms. The van der Waals surface area contributed by atoms with Crippen LogP contribution in [0.3, 0.4) is 0 Å². The van der Waals surface area contributed by atoms with Gasteiger partial charge in [-0.05, 0) is 5.56 Å². The van der Waals surface area contributed by atoms with Crippen LogP contribution in [-0.2, 0) is 6.42 Å². The van der Waals surface area contributed by atoms with E-state index in [1.807, 2.05) is 6.07 Å². The van der Waals surface area contributed by atoms with Gasteiger partial charge in [-0.15, -0.1) is 0 Å². The molecular weight excluding hydrogens is 246 g/mol. The predicted octanol–water partition coefficient (Wildman–Crippen LogP) is 1.43. The number of anilines is 1. The normalized spacial score (nSPS) is 9.84. The monoisotopic (exact) mass is 255 g/mol. The highest BCUT2D eigenvalue weighted by Gasteiger charge is 2.07. The van der Waals surface area contributed by atoms with E-state index < -0.39 is 4.92 Å². The average molecular weight is 255 g/mol. The third-order valence-corrected chi connectivity index (χ3v) is 2.50. The molecule has 1 aromatic carbocycles. The van der Waals surface area contributed by atoms with Crippen LogP contribution in [-0.4, -0.2) is 14.9 Å². The Morgan fingerprint density at radius 3 is 2.58 bits per heavy atom. The number of nitrogens with two attached hydrogens (primary N) is 1. The summed E-state index contributed by atoms with van der Waals surface area (Å²) in [5, 5.41) is 19.2. The summed E-state index contributed by atoms with van der Waals surface area (Å²) in [5.41, 5.74) is 6.68. The van der Waals surface area contributed by atoms with Crippen LogP contribution in [0.25, 0.3) is 0 Å². The van der Waals surface area contributed by atoms with Crippen molar-refractivity contribution in [2.45, 2.75) is 6.42 Å². The molecule has 0 bridgehead atoms. The van der Waals surface area contributed by atoms with Crippen molar-refractivity contribution in [3.63, 3.8) is 0 Å². The first-order valence-electron chi connectivity index (χ1n) is 5.35. The van der Waals surface area contributed by atoms with Gasteiger partial charge in [0.05, 0.1) is 11.1 Å². The second kappa shape index (κ2) is 5.10. The van der Waals surface area contributed by atoms with Gasteiger partial charge < -0.3 is 5.73 Å². The summed E-state index contributed by atoms with van der Waals surface area (Å²) in [4.78, 5) is 18.1. The van der Waals surface area contributed by atoms with Crippen LogP contribution in [0.4, 0.5) is 11.5 Å². The van der Waals surface area contributed by atoms with Gasteiger partial charge in [-0.25, -0.2) is 9.97 Å². The van der Waals surface area contributed by atoms with E-state index in [1.165, 1.54) is 18.3 Å². The third kappa shape index (κ3) is 2.81. The van der Waals surface area contributed by atoms with E-state index in [9.17, 15) is 10.1 Å². The molecule has 0 aliphatic carbocycles. The van der Waals surface area contributed by atoms with Crippen molar-refractivity contribution < 1.29 is 4.92 Å². The van der Waals surface area contributed by atoms with Crippen LogP contribution in [0.15, 0.2) is 30.5 Å². The number of hydrogen-bond acceptors (Lipinski definition) is 6. The molecule has 94 valence electrons. The largest absolute Gasteiger partial charge is 0.382 e. The average Bonchev–Trinajstić information content (AvgIpc) is 2.39. The zero-order valence-corrected chi connectivity index (χ0v) is 9.78. The van der Waals surface area contributed by atoms with Gasteiger partial charge in [0.25, 0.3) is 5.69 Å². The van der Waals surface area contributed by atoms with Crippen LogP contribution in [0.2, 0.25) is 0 Å². The van der Waals surface area contributed by atoms with Gasteiger partial charge in [0.15, 0.2) is 0 Å². The van der Waals surface area contributed by atoms with Crippen LogP contribution in [0.1, 0.15) is 17.0 Å². The van der Waals surface area contributed by atoms with Gasteiger partial charge in [-0.1, -0.05) is 12.1 Å². The standard InChI is InChI=1S/C12H9N5O2/c13-6-9-7-15-11(16-12(9)14)5-8-1-3-10(4-2-8)17(18)19/h1-4,7H,5H2,(H2,14,15,16). The molecule has 1 heterocycles. The molecule has 0 fully saturated rings.